The molecule has 22 heavy (non-hydrogen) atoms. The van der Waals surface area contributed by atoms with E-state index in [1.165, 1.54) is 4.90 Å². The van der Waals surface area contributed by atoms with Gasteiger partial charge < -0.3 is 10.4 Å². The largest absolute Gasteiger partial charge is 0.481 e. The summed E-state index contributed by atoms with van der Waals surface area (Å²) in [4.78, 5) is 37.7. The molecule has 114 valence electrons. The number of hydrogen-bond acceptors (Lipinski definition) is 4. The number of carbonyl (C=O) groups excluding carboxylic acids is 2. The maximum atomic E-state index is 12.8. The van der Waals surface area contributed by atoms with E-state index in [2.05, 4.69) is 5.32 Å². The summed E-state index contributed by atoms with van der Waals surface area (Å²) >= 11 is 0. The summed E-state index contributed by atoms with van der Waals surface area (Å²) < 4.78 is 0. The molecule has 0 radical (unpaired) electrons. The zero-order valence-corrected chi connectivity index (χ0v) is 12.1. The fourth-order valence-electron chi connectivity index (χ4n) is 3.00. The number of ketones is 1. The number of carboxylic acids is 1. The van der Waals surface area contributed by atoms with Crippen LogP contribution < -0.4 is 5.32 Å². The zero-order valence-electron chi connectivity index (χ0n) is 12.1. The van der Waals surface area contributed by atoms with Crippen molar-refractivity contribution in [3.05, 3.63) is 46.8 Å². The number of Topliss-reactive ketones (excluding diaryl/α,β-unsaturated/α-hetero) is 1. The molecule has 2 aliphatic rings. The average molecular weight is 300 g/mol. The molecule has 1 aromatic rings. The highest BCUT2D eigenvalue weighted by Crippen LogP contribution is 2.34. The number of amides is 1. The molecule has 2 N–H and O–H groups in total. The SMILES string of the molecule is Cc1cccc(C(=O)C2=C3NCCN3C(=O)[C@H]2CC(=O)O)c1. The van der Waals surface area contributed by atoms with Crippen LogP contribution in [0.5, 0.6) is 0 Å². The number of carbonyl (C=O) groups is 3. The quantitative estimate of drug-likeness (QED) is 0.808. The van der Waals surface area contributed by atoms with Gasteiger partial charge >= 0.3 is 5.97 Å². The normalized spacial score (nSPS) is 20.1. The topological polar surface area (TPSA) is 86.7 Å². The standard InChI is InChI=1S/C16H16N2O4/c1-9-3-2-4-10(7-9)14(21)13-11(8-12(19)20)16(22)18-6-5-17-15(13)18/h2-4,7,11,17H,5-6,8H2,1H3,(H,19,20)/t11-/m0/s1. The van der Waals surface area contributed by atoms with Gasteiger partial charge in [0.15, 0.2) is 5.78 Å². The van der Waals surface area contributed by atoms with Crippen LogP contribution >= 0.6 is 0 Å². The minimum Gasteiger partial charge on any atom is -0.481 e. The molecule has 2 heterocycles. The fourth-order valence-corrected chi connectivity index (χ4v) is 3.00. The lowest BCUT2D eigenvalue weighted by Crippen LogP contribution is -2.29. The number of nitrogens with one attached hydrogen (secondary N) is 1. The van der Waals surface area contributed by atoms with Crippen molar-refractivity contribution in [3.8, 4) is 0 Å². The molecular formula is C16H16N2O4. The van der Waals surface area contributed by atoms with E-state index in [0.717, 1.165) is 5.56 Å². The lowest BCUT2D eigenvalue weighted by atomic mass is 9.90. The first-order valence-corrected chi connectivity index (χ1v) is 7.11. The fraction of sp³-hybridized carbons (Fsp3) is 0.312. The van der Waals surface area contributed by atoms with Crippen LogP contribution in [0.3, 0.4) is 0 Å². The Morgan fingerprint density at radius 2 is 2.18 bits per heavy atom. The number of benzene rings is 1. The molecule has 0 spiro atoms. The molecule has 1 atom stereocenters. The Morgan fingerprint density at radius 3 is 2.86 bits per heavy atom. The maximum Gasteiger partial charge on any atom is 0.304 e. The highest BCUT2D eigenvalue weighted by atomic mass is 16.4. The monoisotopic (exact) mass is 300 g/mol. The van der Waals surface area contributed by atoms with E-state index >= 15 is 0 Å². The molecular weight excluding hydrogens is 284 g/mol. The highest BCUT2D eigenvalue weighted by Gasteiger charge is 2.45. The second-order valence-corrected chi connectivity index (χ2v) is 5.53. The summed E-state index contributed by atoms with van der Waals surface area (Å²) in [5.41, 5.74) is 1.68. The summed E-state index contributed by atoms with van der Waals surface area (Å²) in [7, 11) is 0. The average Bonchev–Trinajstić information content (AvgIpc) is 3.02. The van der Waals surface area contributed by atoms with Crippen molar-refractivity contribution in [2.24, 2.45) is 5.92 Å². The summed E-state index contributed by atoms with van der Waals surface area (Å²) in [6, 6.07) is 7.08. The van der Waals surface area contributed by atoms with E-state index in [9.17, 15) is 14.4 Å². The Morgan fingerprint density at radius 1 is 1.41 bits per heavy atom. The van der Waals surface area contributed by atoms with Crippen LogP contribution in [0.4, 0.5) is 0 Å². The van der Waals surface area contributed by atoms with E-state index in [4.69, 9.17) is 5.11 Å². The maximum absolute atomic E-state index is 12.8. The molecule has 0 aromatic heterocycles. The van der Waals surface area contributed by atoms with Gasteiger partial charge in [0.05, 0.1) is 17.9 Å². The van der Waals surface area contributed by atoms with E-state index < -0.39 is 11.9 Å². The third kappa shape index (κ3) is 2.26. The smallest absolute Gasteiger partial charge is 0.304 e. The van der Waals surface area contributed by atoms with Crippen molar-refractivity contribution in [2.75, 3.05) is 13.1 Å². The molecule has 1 saturated heterocycles. The van der Waals surface area contributed by atoms with Gasteiger partial charge in [-0.25, -0.2) is 0 Å². The van der Waals surface area contributed by atoms with Crippen LogP contribution in [0.15, 0.2) is 35.7 Å². The first-order chi connectivity index (χ1) is 10.5. The first kappa shape index (κ1) is 14.3. The van der Waals surface area contributed by atoms with E-state index in [0.29, 0.717) is 24.5 Å². The molecule has 1 aromatic carbocycles. The van der Waals surface area contributed by atoms with Gasteiger partial charge in [-0.15, -0.1) is 0 Å². The Kier molecular flexibility index (Phi) is 3.44. The van der Waals surface area contributed by atoms with Gasteiger partial charge in [0.1, 0.15) is 5.82 Å². The minimum atomic E-state index is -1.09. The van der Waals surface area contributed by atoms with Gasteiger partial charge in [-0.05, 0) is 13.0 Å². The van der Waals surface area contributed by atoms with Crippen LogP contribution in [0.25, 0.3) is 0 Å². The van der Waals surface area contributed by atoms with Gasteiger partial charge in [0.2, 0.25) is 5.91 Å². The molecule has 6 nitrogen and oxygen atoms in total. The van der Waals surface area contributed by atoms with Crippen LogP contribution in [-0.4, -0.2) is 40.8 Å². The molecule has 0 aliphatic carbocycles. The van der Waals surface area contributed by atoms with Crippen molar-refractivity contribution in [1.82, 2.24) is 10.2 Å². The summed E-state index contributed by atoms with van der Waals surface area (Å²) in [6.07, 6.45) is -0.368. The minimum absolute atomic E-state index is 0.274. The predicted molar refractivity (Wildman–Crippen MR) is 78.0 cm³/mol. The molecule has 0 unspecified atom stereocenters. The Labute approximate surface area is 127 Å². The third-order valence-electron chi connectivity index (χ3n) is 3.97. The lowest BCUT2D eigenvalue weighted by molar-refractivity contribution is -0.141. The highest BCUT2D eigenvalue weighted by molar-refractivity contribution is 6.15. The van der Waals surface area contributed by atoms with Crippen molar-refractivity contribution in [1.29, 1.82) is 0 Å². The number of carboxylic acid groups (broad SMARTS) is 1. The molecule has 3 rings (SSSR count). The van der Waals surface area contributed by atoms with Gasteiger partial charge in [-0.2, -0.15) is 0 Å². The predicted octanol–water partition coefficient (Wildman–Crippen LogP) is 0.926. The zero-order chi connectivity index (χ0) is 15.9. The summed E-state index contributed by atoms with van der Waals surface area (Å²) in [5.74, 6) is -2.11. The molecule has 0 bridgehead atoms. The van der Waals surface area contributed by atoms with E-state index in [1.54, 1.807) is 18.2 Å². The lowest BCUT2D eigenvalue weighted by Gasteiger charge is -2.12. The van der Waals surface area contributed by atoms with E-state index in [1.807, 2.05) is 13.0 Å². The van der Waals surface area contributed by atoms with Crippen LogP contribution in [0, 0.1) is 12.8 Å². The van der Waals surface area contributed by atoms with Crippen LogP contribution in [-0.2, 0) is 9.59 Å². The molecule has 1 amide bonds. The summed E-state index contributed by atoms with van der Waals surface area (Å²) in [5, 5.41) is 12.1. The third-order valence-corrected chi connectivity index (χ3v) is 3.97. The van der Waals surface area contributed by atoms with Gasteiger partial charge in [0.25, 0.3) is 0 Å². The second-order valence-electron chi connectivity index (χ2n) is 5.53. The van der Waals surface area contributed by atoms with Crippen LogP contribution in [0.2, 0.25) is 0 Å². The Bertz CT molecular complexity index is 708. The number of aliphatic carboxylic acids is 1. The van der Waals surface area contributed by atoms with Gasteiger partial charge in [-0.3, -0.25) is 19.3 Å². The number of aryl methyl sites for hydroxylation is 1. The van der Waals surface area contributed by atoms with Crippen molar-refractivity contribution < 1.29 is 19.5 Å². The van der Waals surface area contributed by atoms with Crippen molar-refractivity contribution in [3.63, 3.8) is 0 Å². The molecule has 2 aliphatic heterocycles. The number of nitrogens with zero attached hydrogens (tertiary/aromatic N) is 1. The molecule has 0 saturated carbocycles. The van der Waals surface area contributed by atoms with Crippen molar-refractivity contribution in [2.45, 2.75) is 13.3 Å². The summed E-state index contributed by atoms with van der Waals surface area (Å²) in [6.45, 7) is 2.92. The van der Waals surface area contributed by atoms with Crippen molar-refractivity contribution >= 4 is 17.7 Å². The second kappa shape index (κ2) is 5.29. The number of rotatable bonds is 4. The Hall–Kier alpha value is -2.63. The molecule has 1 fully saturated rings. The molecule has 6 heteroatoms. The first-order valence-electron chi connectivity index (χ1n) is 7.11. The number of fused-ring (bicyclic) bond motifs is 1. The van der Waals surface area contributed by atoms with Crippen LogP contribution in [0.1, 0.15) is 22.3 Å². The van der Waals surface area contributed by atoms with E-state index in [-0.39, 0.29) is 23.7 Å². The number of hydrogen-bond donors (Lipinski definition) is 2. The Balaban J connectivity index is 2.04. The van der Waals surface area contributed by atoms with Gasteiger partial charge in [0, 0.05) is 18.7 Å². The van der Waals surface area contributed by atoms with Gasteiger partial charge in [-0.1, -0.05) is 23.8 Å².